The topological polar surface area (TPSA) is 38.7 Å². The van der Waals surface area contributed by atoms with E-state index in [1.807, 2.05) is 70.4 Å². The summed E-state index contributed by atoms with van der Waals surface area (Å²) in [5.74, 6) is 2.00. The van der Waals surface area contributed by atoms with Crippen LogP contribution in [0.5, 0.6) is 0 Å². The average molecular weight is 780 g/mol. The fraction of sp³-hybridized carbons (Fsp3) is 0. The van der Waals surface area contributed by atoms with E-state index in [9.17, 15) is 0 Å². The largest absolute Gasteiger partial charge is 0.208 e. The molecule has 0 saturated heterocycles. The molecule has 12 aromatic rings. The van der Waals surface area contributed by atoms with E-state index in [0.717, 1.165) is 16.7 Å². The smallest absolute Gasteiger partial charge is 0.165 e. The van der Waals surface area contributed by atoms with Gasteiger partial charge in [0.2, 0.25) is 0 Å². The Morgan fingerprint density at radius 2 is 0.807 bits per heavy atom. The molecule has 0 bridgehead atoms. The van der Waals surface area contributed by atoms with Crippen molar-refractivity contribution in [2.24, 2.45) is 0 Å². The van der Waals surface area contributed by atoms with Crippen LogP contribution >= 0.6 is 34.0 Å². The molecule has 0 saturated carbocycles. The Kier molecular flexibility index (Phi) is 7.45. The van der Waals surface area contributed by atoms with Crippen LogP contribution in [-0.2, 0) is 0 Å². The molecular weight excluding hydrogens is 751 g/mol. The Morgan fingerprint density at radius 1 is 0.281 bits per heavy atom. The highest BCUT2D eigenvalue weighted by atomic mass is 32.1. The van der Waals surface area contributed by atoms with Crippen molar-refractivity contribution in [2.75, 3.05) is 0 Å². The van der Waals surface area contributed by atoms with E-state index < -0.39 is 0 Å². The third-order valence-electron chi connectivity index (χ3n) is 11.0. The molecule has 57 heavy (non-hydrogen) atoms. The van der Waals surface area contributed by atoms with Gasteiger partial charge in [0.15, 0.2) is 17.5 Å². The van der Waals surface area contributed by atoms with Crippen molar-refractivity contribution in [2.45, 2.75) is 0 Å². The van der Waals surface area contributed by atoms with E-state index >= 15 is 0 Å². The first kappa shape index (κ1) is 32.7. The zero-order valence-electron chi connectivity index (χ0n) is 30.3. The maximum atomic E-state index is 5.12. The summed E-state index contributed by atoms with van der Waals surface area (Å²) < 4.78 is 7.69. The molecule has 12 rings (SSSR count). The van der Waals surface area contributed by atoms with E-state index in [1.54, 1.807) is 0 Å². The second-order valence-electron chi connectivity index (χ2n) is 14.3. The lowest BCUT2D eigenvalue weighted by Gasteiger charge is -2.11. The first-order chi connectivity index (χ1) is 28.2. The molecule has 0 N–H and O–H groups in total. The van der Waals surface area contributed by atoms with Gasteiger partial charge in [0.05, 0.1) is 0 Å². The molecule has 266 valence electrons. The Hall–Kier alpha value is -6.57. The van der Waals surface area contributed by atoms with E-state index in [2.05, 4.69) is 140 Å². The fourth-order valence-corrected chi connectivity index (χ4v) is 12.0. The summed E-state index contributed by atoms with van der Waals surface area (Å²) in [5.41, 5.74) is 7.95. The Morgan fingerprint density at radius 3 is 1.53 bits per heavy atom. The Bertz CT molecular complexity index is 3470. The molecule has 6 heteroatoms. The van der Waals surface area contributed by atoms with E-state index in [-0.39, 0.29) is 0 Å². The van der Waals surface area contributed by atoms with Gasteiger partial charge in [-0.1, -0.05) is 146 Å². The zero-order valence-corrected chi connectivity index (χ0v) is 32.8. The third kappa shape index (κ3) is 5.26. The molecule has 0 aliphatic carbocycles. The number of benzene rings is 8. The molecule has 0 radical (unpaired) electrons. The van der Waals surface area contributed by atoms with Crippen LogP contribution in [-0.4, -0.2) is 15.0 Å². The van der Waals surface area contributed by atoms with Crippen LogP contribution in [0.15, 0.2) is 176 Å². The standard InChI is InChI=1S/C51H29N3S3/c1-3-13-30(14-4-1)49-52-50(31-15-5-2-6-16-31)54-51(53-49)40-22-12-21-36-35-19-11-20-37(46(35)57-47(36)40)38-27-26-33(45-39-18-8-10-24-43(39)56-48(38)45)32-25-28-44-41(29-32)34-17-7-9-23-42(34)55-44/h1-29H. The van der Waals surface area contributed by atoms with Crippen molar-refractivity contribution < 1.29 is 0 Å². The number of hydrogen-bond acceptors (Lipinski definition) is 6. The van der Waals surface area contributed by atoms with Gasteiger partial charge in [0.25, 0.3) is 0 Å². The predicted molar refractivity (Wildman–Crippen MR) is 246 cm³/mol. The molecule has 0 fully saturated rings. The van der Waals surface area contributed by atoms with Crippen LogP contribution in [0.25, 0.3) is 117 Å². The maximum Gasteiger partial charge on any atom is 0.165 e. The van der Waals surface area contributed by atoms with E-state index in [0.29, 0.717) is 17.5 Å². The Balaban J connectivity index is 1.07. The first-order valence-corrected chi connectivity index (χ1v) is 21.4. The van der Waals surface area contributed by atoms with Crippen LogP contribution in [0.1, 0.15) is 0 Å². The molecule has 0 spiro atoms. The molecule has 0 aliphatic heterocycles. The fourth-order valence-electron chi connectivity index (χ4n) is 8.31. The summed E-state index contributed by atoms with van der Waals surface area (Å²) in [6, 6.07) is 63.0. The van der Waals surface area contributed by atoms with Gasteiger partial charge in [-0.15, -0.1) is 34.0 Å². The minimum atomic E-state index is 0.664. The lowest BCUT2D eigenvalue weighted by atomic mass is 9.93. The normalized spacial score (nSPS) is 11.9. The molecule has 0 aliphatic rings. The van der Waals surface area contributed by atoms with Gasteiger partial charge >= 0.3 is 0 Å². The molecule has 3 nitrogen and oxygen atoms in total. The number of nitrogens with zero attached hydrogens (tertiary/aromatic N) is 3. The van der Waals surface area contributed by atoms with Crippen LogP contribution in [0.4, 0.5) is 0 Å². The van der Waals surface area contributed by atoms with Gasteiger partial charge in [-0.2, -0.15) is 0 Å². The van der Waals surface area contributed by atoms with Crippen LogP contribution in [0.3, 0.4) is 0 Å². The van der Waals surface area contributed by atoms with E-state index in [1.165, 1.54) is 82.8 Å². The van der Waals surface area contributed by atoms with Gasteiger partial charge < -0.3 is 0 Å². The monoisotopic (exact) mass is 779 g/mol. The molecule has 0 unspecified atom stereocenters. The second-order valence-corrected chi connectivity index (χ2v) is 17.4. The summed E-state index contributed by atoms with van der Waals surface area (Å²) in [7, 11) is 0. The molecule has 0 atom stereocenters. The quantitative estimate of drug-likeness (QED) is 0.175. The summed E-state index contributed by atoms with van der Waals surface area (Å²) in [5, 5.41) is 7.70. The zero-order chi connectivity index (χ0) is 37.5. The van der Waals surface area contributed by atoms with Gasteiger partial charge in [-0.05, 0) is 41.5 Å². The maximum absolute atomic E-state index is 5.12. The average Bonchev–Trinajstić information content (AvgIpc) is 3.98. The molecular formula is C51H29N3S3. The van der Waals surface area contributed by atoms with Crippen molar-refractivity contribution in [3.63, 3.8) is 0 Å². The minimum absolute atomic E-state index is 0.664. The van der Waals surface area contributed by atoms with Crippen molar-refractivity contribution >= 4 is 94.5 Å². The molecule has 8 aromatic carbocycles. The van der Waals surface area contributed by atoms with Gasteiger partial charge in [-0.25, -0.2) is 15.0 Å². The number of rotatable bonds is 5. The molecule has 4 heterocycles. The second kappa shape index (κ2) is 13.0. The van der Waals surface area contributed by atoms with Crippen molar-refractivity contribution in [1.82, 2.24) is 15.0 Å². The summed E-state index contributed by atoms with van der Waals surface area (Å²) in [6.45, 7) is 0. The number of fused-ring (bicyclic) bond motifs is 9. The van der Waals surface area contributed by atoms with Crippen LogP contribution < -0.4 is 0 Å². The lowest BCUT2D eigenvalue weighted by molar-refractivity contribution is 1.08. The van der Waals surface area contributed by atoms with Crippen LogP contribution in [0, 0.1) is 0 Å². The predicted octanol–water partition coefficient (Wildman–Crippen LogP) is 15.3. The highest BCUT2D eigenvalue weighted by Gasteiger charge is 2.21. The van der Waals surface area contributed by atoms with Gasteiger partial charge in [0, 0.05) is 88.3 Å². The van der Waals surface area contributed by atoms with Crippen molar-refractivity contribution in [3.8, 4) is 56.4 Å². The molecule has 0 amide bonds. The highest BCUT2D eigenvalue weighted by Crippen LogP contribution is 2.49. The van der Waals surface area contributed by atoms with Gasteiger partial charge in [-0.3, -0.25) is 0 Å². The molecule has 4 aromatic heterocycles. The van der Waals surface area contributed by atoms with Crippen LogP contribution in [0.2, 0.25) is 0 Å². The third-order valence-corrected chi connectivity index (χ3v) is 14.6. The van der Waals surface area contributed by atoms with Gasteiger partial charge in [0.1, 0.15) is 0 Å². The highest BCUT2D eigenvalue weighted by molar-refractivity contribution is 7.28. The summed E-state index contributed by atoms with van der Waals surface area (Å²) in [6.07, 6.45) is 0. The number of aromatic nitrogens is 3. The SMILES string of the molecule is c1ccc(-c2nc(-c3ccccc3)nc(-c3cccc4c3sc3c(-c5ccc(-c6ccc7sc8ccccc8c7c6)c6c5sc5ccccc56)cccc34)n2)cc1. The van der Waals surface area contributed by atoms with Crippen molar-refractivity contribution in [3.05, 3.63) is 176 Å². The minimum Gasteiger partial charge on any atom is -0.208 e. The van der Waals surface area contributed by atoms with Crippen molar-refractivity contribution in [1.29, 1.82) is 0 Å². The first-order valence-electron chi connectivity index (χ1n) is 18.9. The van der Waals surface area contributed by atoms with E-state index in [4.69, 9.17) is 15.0 Å². The Labute approximate surface area is 339 Å². The summed E-state index contributed by atoms with van der Waals surface area (Å²) in [4.78, 5) is 15.2. The lowest BCUT2D eigenvalue weighted by Crippen LogP contribution is -2.00. The number of thiophene rings is 3. The summed E-state index contributed by atoms with van der Waals surface area (Å²) >= 11 is 5.59. The number of hydrogen-bond donors (Lipinski definition) is 0.